The second-order valence-electron chi connectivity index (χ2n) is 7.91. The molecule has 1 saturated heterocycles. The largest absolute Gasteiger partial charge is 0.494 e. The maximum atomic E-state index is 14.0. The van der Waals surface area contributed by atoms with Crippen LogP contribution in [0.3, 0.4) is 0 Å². The fourth-order valence-corrected chi connectivity index (χ4v) is 3.12. The van der Waals surface area contributed by atoms with Gasteiger partial charge in [-0.3, -0.25) is 4.90 Å². The van der Waals surface area contributed by atoms with Gasteiger partial charge in [-0.2, -0.15) is 0 Å². The number of alkyl carbamates (subject to hydrolysis) is 1. The van der Waals surface area contributed by atoms with E-state index in [1.807, 2.05) is 55.4 Å². The van der Waals surface area contributed by atoms with Crippen LogP contribution in [0.1, 0.15) is 72.9 Å². The Morgan fingerprint density at radius 2 is 1.87 bits per heavy atom. The minimum atomic E-state index is -0.489. The van der Waals surface area contributed by atoms with Gasteiger partial charge < -0.3 is 14.8 Å². The summed E-state index contributed by atoms with van der Waals surface area (Å²) in [6.45, 7) is 20.8. The van der Waals surface area contributed by atoms with E-state index in [1.165, 1.54) is 0 Å². The van der Waals surface area contributed by atoms with Crippen molar-refractivity contribution < 1.29 is 18.7 Å². The summed E-state index contributed by atoms with van der Waals surface area (Å²) in [7, 11) is 0. The molecule has 1 N–H and O–H groups in total. The molecule has 1 fully saturated rings. The number of nitrogens with zero attached hydrogens (tertiary/aromatic N) is 1. The molecule has 1 amide bonds. The Kier molecular flexibility index (Phi) is 13.4. The van der Waals surface area contributed by atoms with Crippen LogP contribution in [0.15, 0.2) is 12.1 Å². The van der Waals surface area contributed by atoms with E-state index in [2.05, 4.69) is 10.2 Å². The number of likely N-dealkylation sites (tertiary alicyclic amines) is 1. The molecule has 1 aliphatic rings. The van der Waals surface area contributed by atoms with E-state index in [9.17, 15) is 9.18 Å². The highest BCUT2D eigenvalue weighted by molar-refractivity contribution is 5.67. The topological polar surface area (TPSA) is 50.8 Å². The van der Waals surface area contributed by atoms with E-state index < -0.39 is 5.60 Å². The normalized spacial score (nSPS) is 16.0. The van der Waals surface area contributed by atoms with Crippen LogP contribution in [0.2, 0.25) is 0 Å². The molecule has 0 spiro atoms. The smallest absolute Gasteiger partial charge is 0.407 e. The van der Waals surface area contributed by atoms with Gasteiger partial charge in [0.05, 0.1) is 6.61 Å². The lowest BCUT2D eigenvalue weighted by Crippen LogP contribution is -2.36. The minimum absolute atomic E-state index is 0.203. The van der Waals surface area contributed by atoms with Crippen LogP contribution in [0.4, 0.5) is 9.18 Å². The molecule has 1 atom stereocenters. The second kappa shape index (κ2) is 14.2. The lowest BCUT2D eigenvalue weighted by Gasteiger charge is -2.21. The Morgan fingerprint density at radius 1 is 1.23 bits per heavy atom. The molecular weight excluding hydrogens is 383 g/mol. The summed E-state index contributed by atoms with van der Waals surface area (Å²) in [5.74, 6) is 0.917. The number of carbonyl (C=O) groups is 1. The Labute approximate surface area is 183 Å². The van der Waals surface area contributed by atoms with Gasteiger partial charge in [0, 0.05) is 25.2 Å². The standard InChI is InChI=1S/C20H31FN2O3.2C2H6/c1-6-25-18-9-14(2)17(21)10-16(18)13-23-8-7-15(12-23)11-22-19(24)26-20(3,4)5;2*1-2/h9-10,15H,6-8,11-13H2,1-5H3,(H,22,24);2*1-2H3. The van der Waals surface area contributed by atoms with Crippen LogP contribution in [-0.2, 0) is 11.3 Å². The highest BCUT2D eigenvalue weighted by Gasteiger charge is 2.25. The molecule has 5 nitrogen and oxygen atoms in total. The first-order valence-electron chi connectivity index (χ1n) is 11.3. The second-order valence-corrected chi connectivity index (χ2v) is 7.91. The minimum Gasteiger partial charge on any atom is -0.494 e. The number of halogens is 1. The van der Waals surface area contributed by atoms with Crippen molar-refractivity contribution in [2.45, 2.75) is 80.9 Å². The van der Waals surface area contributed by atoms with E-state index in [4.69, 9.17) is 9.47 Å². The van der Waals surface area contributed by atoms with Gasteiger partial charge in [0.25, 0.3) is 0 Å². The molecule has 6 heteroatoms. The molecule has 1 aliphatic heterocycles. The third-order valence-corrected chi connectivity index (χ3v) is 4.34. The van der Waals surface area contributed by atoms with Crippen molar-refractivity contribution in [3.63, 3.8) is 0 Å². The molecule has 30 heavy (non-hydrogen) atoms. The average molecular weight is 427 g/mol. The van der Waals surface area contributed by atoms with Crippen LogP contribution in [0.25, 0.3) is 0 Å². The van der Waals surface area contributed by atoms with Crippen molar-refractivity contribution >= 4 is 6.09 Å². The lowest BCUT2D eigenvalue weighted by molar-refractivity contribution is 0.0519. The van der Waals surface area contributed by atoms with Crippen molar-refractivity contribution in [2.24, 2.45) is 5.92 Å². The van der Waals surface area contributed by atoms with Crippen molar-refractivity contribution in [3.8, 4) is 5.75 Å². The predicted molar refractivity (Wildman–Crippen MR) is 123 cm³/mol. The molecule has 0 saturated carbocycles. The van der Waals surface area contributed by atoms with E-state index in [0.717, 1.165) is 30.8 Å². The summed E-state index contributed by atoms with van der Waals surface area (Å²) in [5, 5.41) is 2.84. The zero-order valence-electron chi connectivity index (χ0n) is 20.5. The van der Waals surface area contributed by atoms with E-state index >= 15 is 0 Å². The lowest BCUT2D eigenvalue weighted by atomic mass is 10.1. The number of aryl methyl sites for hydroxylation is 1. The van der Waals surface area contributed by atoms with Crippen molar-refractivity contribution in [1.29, 1.82) is 0 Å². The average Bonchev–Trinajstić information content (AvgIpc) is 3.14. The maximum absolute atomic E-state index is 14.0. The highest BCUT2D eigenvalue weighted by atomic mass is 19.1. The number of hydrogen-bond acceptors (Lipinski definition) is 4. The molecule has 174 valence electrons. The first-order valence-corrected chi connectivity index (χ1v) is 11.3. The van der Waals surface area contributed by atoms with Crippen LogP contribution >= 0.6 is 0 Å². The predicted octanol–water partition coefficient (Wildman–Crippen LogP) is 5.93. The van der Waals surface area contributed by atoms with Gasteiger partial charge in [0.1, 0.15) is 17.2 Å². The Hall–Kier alpha value is -1.82. The molecule has 1 unspecified atom stereocenters. The highest BCUT2D eigenvalue weighted by Crippen LogP contribution is 2.27. The molecule has 1 aromatic rings. The quantitative estimate of drug-likeness (QED) is 0.612. The molecule has 1 heterocycles. The Balaban J connectivity index is 0.00000198. The van der Waals surface area contributed by atoms with Gasteiger partial charge in [0.15, 0.2) is 0 Å². The summed E-state index contributed by atoms with van der Waals surface area (Å²) in [6.07, 6.45) is 0.615. The number of benzene rings is 1. The molecular formula is C24H43FN2O3. The van der Waals surface area contributed by atoms with Crippen LogP contribution in [-0.4, -0.2) is 42.8 Å². The maximum Gasteiger partial charge on any atom is 0.407 e. The molecule has 0 bridgehead atoms. The van der Waals surface area contributed by atoms with Crippen LogP contribution < -0.4 is 10.1 Å². The first kappa shape index (κ1) is 28.2. The Morgan fingerprint density at radius 3 is 2.43 bits per heavy atom. The molecule has 0 aliphatic carbocycles. The van der Waals surface area contributed by atoms with Gasteiger partial charge in [-0.15, -0.1) is 0 Å². The summed E-state index contributed by atoms with van der Waals surface area (Å²) in [6, 6.07) is 3.35. The van der Waals surface area contributed by atoms with Gasteiger partial charge >= 0.3 is 6.09 Å². The zero-order valence-corrected chi connectivity index (χ0v) is 20.5. The SMILES string of the molecule is CC.CC.CCOc1cc(C)c(F)cc1CN1CCC(CNC(=O)OC(C)(C)C)C1. The molecule has 0 radical (unpaired) electrons. The van der Waals surface area contributed by atoms with Crippen molar-refractivity contribution in [1.82, 2.24) is 10.2 Å². The third-order valence-electron chi connectivity index (χ3n) is 4.34. The van der Waals surface area contributed by atoms with Gasteiger partial charge in [0.2, 0.25) is 0 Å². The van der Waals surface area contributed by atoms with Gasteiger partial charge in [-0.05, 0) is 71.2 Å². The number of hydrogen-bond donors (Lipinski definition) is 1. The number of rotatable bonds is 6. The van der Waals surface area contributed by atoms with Crippen molar-refractivity contribution in [3.05, 3.63) is 29.1 Å². The fourth-order valence-electron chi connectivity index (χ4n) is 3.12. The van der Waals surface area contributed by atoms with Crippen molar-refractivity contribution in [2.75, 3.05) is 26.2 Å². The van der Waals surface area contributed by atoms with Crippen LogP contribution in [0.5, 0.6) is 5.75 Å². The molecule has 2 rings (SSSR count). The monoisotopic (exact) mass is 426 g/mol. The summed E-state index contributed by atoms with van der Waals surface area (Å²) in [5.41, 5.74) is 0.977. The van der Waals surface area contributed by atoms with Crippen LogP contribution in [0, 0.1) is 18.7 Å². The van der Waals surface area contributed by atoms with E-state index in [-0.39, 0.29) is 11.9 Å². The van der Waals surface area contributed by atoms with Gasteiger partial charge in [-0.1, -0.05) is 27.7 Å². The number of nitrogens with one attached hydrogen (secondary N) is 1. The first-order chi connectivity index (χ1) is 14.2. The number of amides is 1. The summed E-state index contributed by atoms with van der Waals surface area (Å²) in [4.78, 5) is 14.0. The molecule has 0 aromatic heterocycles. The van der Waals surface area contributed by atoms with E-state index in [0.29, 0.717) is 31.2 Å². The third kappa shape index (κ3) is 10.3. The number of ether oxygens (including phenoxy) is 2. The zero-order chi connectivity index (χ0) is 23.3. The molecule has 1 aromatic carbocycles. The number of carbonyl (C=O) groups excluding carboxylic acids is 1. The Bertz CT molecular complexity index is 630. The van der Waals surface area contributed by atoms with Gasteiger partial charge in [-0.25, -0.2) is 9.18 Å². The summed E-state index contributed by atoms with van der Waals surface area (Å²) >= 11 is 0. The fraction of sp³-hybridized carbons (Fsp3) is 0.708. The summed E-state index contributed by atoms with van der Waals surface area (Å²) < 4.78 is 24.9. The van der Waals surface area contributed by atoms with E-state index in [1.54, 1.807) is 19.1 Å².